The van der Waals surface area contributed by atoms with Crippen LogP contribution in [0.3, 0.4) is 0 Å². The molecule has 4 heterocycles. The maximum absolute atomic E-state index is 4.65. The molecule has 23 heavy (non-hydrogen) atoms. The molecule has 0 aliphatic heterocycles. The molecule has 0 saturated heterocycles. The number of nitrogens with one attached hydrogen (secondary N) is 1. The van der Waals surface area contributed by atoms with Crippen molar-refractivity contribution in [2.24, 2.45) is 0 Å². The molecule has 6 nitrogen and oxygen atoms in total. The van der Waals surface area contributed by atoms with E-state index >= 15 is 0 Å². The highest BCUT2D eigenvalue weighted by molar-refractivity contribution is 7.10. The fraction of sp³-hybridized carbons (Fsp3) is 0.125. The van der Waals surface area contributed by atoms with Crippen molar-refractivity contribution in [2.75, 3.05) is 5.32 Å². The third-order valence-corrected chi connectivity index (χ3v) is 4.27. The van der Waals surface area contributed by atoms with Crippen molar-refractivity contribution < 1.29 is 0 Å². The van der Waals surface area contributed by atoms with Gasteiger partial charge in [-0.15, -0.1) is 0 Å². The van der Waals surface area contributed by atoms with Gasteiger partial charge in [0.1, 0.15) is 10.8 Å². The predicted octanol–water partition coefficient (Wildman–Crippen LogP) is 3.61. The summed E-state index contributed by atoms with van der Waals surface area (Å²) in [6, 6.07) is 7.91. The Hall–Kier alpha value is -2.80. The predicted molar refractivity (Wildman–Crippen MR) is 91.1 cm³/mol. The Morgan fingerprint density at radius 2 is 1.91 bits per heavy atom. The van der Waals surface area contributed by atoms with Gasteiger partial charge >= 0.3 is 0 Å². The van der Waals surface area contributed by atoms with Crippen LogP contribution in [-0.4, -0.2) is 24.0 Å². The van der Waals surface area contributed by atoms with Crippen LogP contribution in [0.15, 0.2) is 42.9 Å². The monoisotopic (exact) mass is 322 g/mol. The van der Waals surface area contributed by atoms with Gasteiger partial charge in [0, 0.05) is 29.7 Å². The van der Waals surface area contributed by atoms with E-state index in [1.807, 2.05) is 48.8 Å². The van der Waals surface area contributed by atoms with Crippen LogP contribution in [0, 0.1) is 13.8 Å². The lowest BCUT2D eigenvalue weighted by Crippen LogP contribution is -2.01. The molecule has 1 N–H and O–H groups in total. The van der Waals surface area contributed by atoms with Gasteiger partial charge < -0.3 is 5.32 Å². The highest BCUT2D eigenvalue weighted by Gasteiger charge is 2.12. The Labute approximate surface area is 137 Å². The first-order valence-electron chi connectivity index (χ1n) is 7.17. The molecule has 7 heteroatoms. The largest absolute Gasteiger partial charge is 0.331 e. The number of anilines is 2. The molecule has 0 unspecified atom stereocenters. The Balaban J connectivity index is 1.85. The highest BCUT2D eigenvalue weighted by Crippen LogP contribution is 2.27. The number of aromatic nitrogens is 5. The number of aryl methyl sites for hydroxylation is 2. The maximum atomic E-state index is 4.65. The molecule has 4 rings (SSSR count). The summed E-state index contributed by atoms with van der Waals surface area (Å²) in [6.45, 7) is 3.96. The van der Waals surface area contributed by atoms with Crippen LogP contribution in [0.4, 0.5) is 10.8 Å². The number of nitrogens with zero attached hydrogens (tertiary/aromatic N) is 5. The first-order chi connectivity index (χ1) is 11.2. The molecule has 4 aromatic rings. The summed E-state index contributed by atoms with van der Waals surface area (Å²) in [6.07, 6.45) is 5.38. The zero-order valence-corrected chi connectivity index (χ0v) is 13.5. The summed E-state index contributed by atoms with van der Waals surface area (Å²) in [5, 5.41) is 8.85. The Kier molecular flexibility index (Phi) is 3.27. The van der Waals surface area contributed by atoms with Crippen LogP contribution >= 0.6 is 11.5 Å². The van der Waals surface area contributed by atoms with Crippen LogP contribution in [0.25, 0.3) is 16.8 Å². The van der Waals surface area contributed by atoms with Crippen molar-refractivity contribution in [3.8, 4) is 11.1 Å². The van der Waals surface area contributed by atoms with Gasteiger partial charge in [-0.2, -0.15) is 14.0 Å². The van der Waals surface area contributed by atoms with Crippen LogP contribution in [-0.2, 0) is 0 Å². The molecule has 0 spiro atoms. The number of hydrogen-bond acceptors (Lipinski definition) is 6. The summed E-state index contributed by atoms with van der Waals surface area (Å²) in [5.74, 6) is 0.872. The molecule has 0 fully saturated rings. The molecule has 114 valence electrons. The van der Waals surface area contributed by atoms with Gasteiger partial charge in [-0.25, -0.2) is 4.98 Å². The van der Waals surface area contributed by atoms with Gasteiger partial charge in [-0.05, 0) is 49.1 Å². The van der Waals surface area contributed by atoms with E-state index in [0.29, 0.717) is 0 Å². The number of pyridine rings is 1. The molecule has 0 amide bonds. The maximum Gasteiger partial charge on any atom is 0.165 e. The van der Waals surface area contributed by atoms with Crippen molar-refractivity contribution in [3.63, 3.8) is 0 Å². The normalized spacial score (nSPS) is 11.0. The lowest BCUT2D eigenvalue weighted by atomic mass is 10.1. The molecular weight excluding hydrogens is 308 g/mol. The lowest BCUT2D eigenvalue weighted by Gasteiger charge is -2.07. The van der Waals surface area contributed by atoms with Crippen LogP contribution in [0.2, 0.25) is 0 Å². The van der Waals surface area contributed by atoms with E-state index in [2.05, 4.69) is 24.8 Å². The minimum Gasteiger partial charge on any atom is -0.331 e. The van der Waals surface area contributed by atoms with Crippen LogP contribution in [0.1, 0.15) is 11.4 Å². The molecule has 0 aliphatic carbocycles. The molecule has 0 aliphatic rings. The molecule has 0 radical (unpaired) electrons. The summed E-state index contributed by atoms with van der Waals surface area (Å²) >= 11 is 1.43. The second kappa shape index (κ2) is 5.44. The third kappa shape index (κ3) is 2.55. The van der Waals surface area contributed by atoms with Crippen molar-refractivity contribution in [3.05, 3.63) is 54.2 Å². The van der Waals surface area contributed by atoms with Crippen LogP contribution in [0.5, 0.6) is 0 Å². The average molecular weight is 322 g/mol. The third-order valence-electron chi connectivity index (χ3n) is 3.47. The first kappa shape index (κ1) is 13.8. The van der Waals surface area contributed by atoms with E-state index in [4.69, 9.17) is 0 Å². The summed E-state index contributed by atoms with van der Waals surface area (Å²) in [4.78, 5) is 8.71. The van der Waals surface area contributed by atoms with E-state index in [9.17, 15) is 0 Å². The minimum atomic E-state index is 0.819. The summed E-state index contributed by atoms with van der Waals surface area (Å²) < 4.78 is 6.11. The second-order valence-corrected chi connectivity index (χ2v) is 6.07. The number of rotatable bonds is 3. The minimum absolute atomic E-state index is 0.819. The summed E-state index contributed by atoms with van der Waals surface area (Å²) in [5.41, 5.74) is 4.78. The Morgan fingerprint density at radius 3 is 2.65 bits per heavy atom. The summed E-state index contributed by atoms with van der Waals surface area (Å²) in [7, 11) is 0. The Morgan fingerprint density at radius 1 is 1.09 bits per heavy atom. The van der Waals surface area contributed by atoms with E-state index in [0.717, 1.165) is 39.0 Å². The van der Waals surface area contributed by atoms with Crippen LogP contribution < -0.4 is 5.32 Å². The quantitative estimate of drug-likeness (QED) is 0.624. The standard InChI is InChI=1S/C16H14N6S/c1-10-7-14(20-15-8-11(2)21-23-15)22-16(19-10)13(9-18-22)12-3-5-17-6-4-12/h3-9,20H,1-2H3. The highest BCUT2D eigenvalue weighted by atomic mass is 32.1. The fourth-order valence-corrected chi connectivity index (χ4v) is 3.13. The molecule has 0 bridgehead atoms. The number of fused-ring (bicyclic) bond motifs is 1. The zero-order chi connectivity index (χ0) is 15.8. The van der Waals surface area contributed by atoms with Gasteiger partial charge in [0.15, 0.2) is 5.65 Å². The SMILES string of the molecule is Cc1cc(Nc2cc(C)nc3c(-c4ccncc4)cnn23)sn1. The topological polar surface area (TPSA) is 68.0 Å². The zero-order valence-electron chi connectivity index (χ0n) is 12.7. The van der Waals surface area contributed by atoms with E-state index in [1.54, 1.807) is 12.4 Å². The lowest BCUT2D eigenvalue weighted by molar-refractivity contribution is 0.938. The van der Waals surface area contributed by atoms with Gasteiger partial charge in [-0.1, -0.05) is 0 Å². The molecule has 4 aromatic heterocycles. The molecule has 0 saturated carbocycles. The van der Waals surface area contributed by atoms with Crippen molar-refractivity contribution >= 4 is 28.0 Å². The van der Waals surface area contributed by atoms with Crippen molar-refractivity contribution in [1.82, 2.24) is 24.0 Å². The average Bonchev–Trinajstić information content (AvgIpc) is 3.14. The van der Waals surface area contributed by atoms with E-state index in [1.165, 1.54) is 11.5 Å². The molecule has 0 aromatic carbocycles. The fourth-order valence-electron chi connectivity index (χ4n) is 2.46. The van der Waals surface area contributed by atoms with E-state index < -0.39 is 0 Å². The van der Waals surface area contributed by atoms with Gasteiger partial charge in [0.25, 0.3) is 0 Å². The van der Waals surface area contributed by atoms with Crippen molar-refractivity contribution in [1.29, 1.82) is 0 Å². The molecule has 0 atom stereocenters. The van der Waals surface area contributed by atoms with E-state index in [-0.39, 0.29) is 0 Å². The van der Waals surface area contributed by atoms with Gasteiger partial charge in [-0.3, -0.25) is 4.98 Å². The van der Waals surface area contributed by atoms with Crippen molar-refractivity contribution in [2.45, 2.75) is 13.8 Å². The smallest absolute Gasteiger partial charge is 0.165 e. The van der Waals surface area contributed by atoms with Gasteiger partial charge in [0.2, 0.25) is 0 Å². The second-order valence-electron chi connectivity index (χ2n) is 5.27. The van der Waals surface area contributed by atoms with Gasteiger partial charge in [0.05, 0.1) is 11.9 Å². The molecular formula is C16H14N6S. The number of hydrogen-bond donors (Lipinski definition) is 1. The Bertz CT molecular complexity index is 973. The first-order valence-corrected chi connectivity index (χ1v) is 7.94.